The molecule has 4 N–H and O–H groups in total. The SMILES string of the molecule is C[C@H]1[C@@H](NC(=S)NNC(=O)CNC(=O)c2ccccc2Cl)CCC[C@@H]1C. The van der Waals surface area contributed by atoms with Crippen molar-refractivity contribution in [2.45, 2.75) is 39.2 Å². The number of carbonyl (C=O) groups is 2. The molecule has 1 fully saturated rings. The molecule has 0 aliphatic heterocycles. The van der Waals surface area contributed by atoms with Gasteiger partial charge in [-0.2, -0.15) is 0 Å². The van der Waals surface area contributed by atoms with Crippen molar-refractivity contribution in [1.82, 2.24) is 21.5 Å². The molecule has 1 saturated carbocycles. The fourth-order valence-electron chi connectivity index (χ4n) is 3.06. The maximum atomic E-state index is 12.0. The van der Waals surface area contributed by atoms with Crippen LogP contribution in [0, 0.1) is 11.8 Å². The van der Waals surface area contributed by atoms with Crippen molar-refractivity contribution in [2.75, 3.05) is 6.54 Å². The second-order valence-electron chi connectivity index (χ2n) is 6.68. The summed E-state index contributed by atoms with van der Waals surface area (Å²) in [4.78, 5) is 23.9. The molecule has 1 aromatic carbocycles. The van der Waals surface area contributed by atoms with E-state index in [0.717, 1.165) is 6.42 Å². The summed E-state index contributed by atoms with van der Waals surface area (Å²) in [5, 5.41) is 6.49. The Morgan fingerprint density at radius 2 is 1.92 bits per heavy atom. The van der Waals surface area contributed by atoms with Crippen LogP contribution in [0.5, 0.6) is 0 Å². The topological polar surface area (TPSA) is 82.3 Å². The van der Waals surface area contributed by atoms with Crippen LogP contribution in [0.25, 0.3) is 0 Å². The fourth-order valence-corrected chi connectivity index (χ4v) is 3.49. The summed E-state index contributed by atoms with van der Waals surface area (Å²) in [6.07, 6.45) is 3.47. The summed E-state index contributed by atoms with van der Waals surface area (Å²) in [7, 11) is 0. The Labute approximate surface area is 164 Å². The molecule has 2 amide bonds. The molecule has 0 aromatic heterocycles. The van der Waals surface area contributed by atoms with Crippen molar-refractivity contribution < 1.29 is 9.59 Å². The van der Waals surface area contributed by atoms with Crippen molar-refractivity contribution in [2.24, 2.45) is 11.8 Å². The molecule has 1 aromatic rings. The number of hydrogen-bond acceptors (Lipinski definition) is 3. The van der Waals surface area contributed by atoms with E-state index in [4.69, 9.17) is 23.8 Å². The summed E-state index contributed by atoms with van der Waals surface area (Å²) in [5.41, 5.74) is 5.49. The van der Waals surface area contributed by atoms with Crippen LogP contribution < -0.4 is 21.5 Å². The zero-order valence-electron chi connectivity index (χ0n) is 15.0. The third-order valence-corrected chi connectivity index (χ3v) is 5.42. The number of nitrogens with one attached hydrogen (secondary N) is 4. The summed E-state index contributed by atoms with van der Waals surface area (Å²) in [6.45, 7) is 4.28. The molecular formula is C18H25ClN4O2S. The monoisotopic (exact) mass is 396 g/mol. The number of amides is 2. The highest BCUT2D eigenvalue weighted by Gasteiger charge is 2.27. The van der Waals surface area contributed by atoms with E-state index in [-0.39, 0.29) is 6.54 Å². The Morgan fingerprint density at radius 1 is 1.19 bits per heavy atom. The van der Waals surface area contributed by atoms with Crippen molar-refractivity contribution in [3.8, 4) is 0 Å². The highest BCUT2D eigenvalue weighted by molar-refractivity contribution is 7.80. The van der Waals surface area contributed by atoms with Gasteiger partial charge in [0.15, 0.2) is 5.11 Å². The molecule has 0 spiro atoms. The van der Waals surface area contributed by atoms with Gasteiger partial charge in [-0.15, -0.1) is 0 Å². The Kier molecular flexibility index (Phi) is 7.66. The highest BCUT2D eigenvalue weighted by atomic mass is 35.5. The quantitative estimate of drug-likeness (QED) is 0.464. The van der Waals surface area contributed by atoms with E-state index in [1.165, 1.54) is 12.8 Å². The molecular weight excluding hydrogens is 372 g/mol. The first-order valence-corrected chi connectivity index (χ1v) is 9.55. The lowest BCUT2D eigenvalue weighted by molar-refractivity contribution is -0.120. The van der Waals surface area contributed by atoms with Crippen LogP contribution in [0.15, 0.2) is 24.3 Å². The molecule has 3 atom stereocenters. The van der Waals surface area contributed by atoms with Crippen LogP contribution in [-0.2, 0) is 4.79 Å². The van der Waals surface area contributed by atoms with Gasteiger partial charge in [0.1, 0.15) is 0 Å². The normalized spacial score (nSPS) is 22.2. The van der Waals surface area contributed by atoms with E-state index in [9.17, 15) is 9.59 Å². The van der Waals surface area contributed by atoms with Gasteiger partial charge in [0.2, 0.25) is 0 Å². The summed E-state index contributed by atoms with van der Waals surface area (Å²) in [5.74, 6) is 0.365. The Hall–Kier alpha value is -1.86. The van der Waals surface area contributed by atoms with Gasteiger partial charge >= 0.3 is 0 Å². The predicted molar refractivity (Wildman–Crippen MR) is 107 cm³/mol. The lowest BCUT2D eigenvalue weighted by Crippen LogP contribution is -2.53. The highest BCUT2D eigenvalue weighted by Crippen LogP contribution is 2.29. The first kappa shape index (κ1) is 20.5. The van der Waals surface area contributed by atoms with Crippen LogP contribution in [0.1, 0.15) is 43.5 Å². The van der Waals surface area contributed by atoms with E-state index in [1.807, 2.05) is 0 Å². The minimum Gasteiger partial charge on any atom is -0.358 e. The Morgan fingerprint density at radius 3 is 2.65 bits per heavy atom. The van der Waals surface area contributed by atoms with Gasteiger partial charge in [0, 0.05) is 6.04 Å². The molecule has 1 aliphatic carbocycles. The zero-order valence-corrected chi connectivity index (χ0v) is 16.5. The van der Waals surface area contributed by atoms with Crippen LogP contribution in [0.3, 0.4) is 0 Å². The van der Waals surface area contributed by atoms with E-state index in [0.29, 0.717) is 33.6 Å². The van der Waals surface area contributed by atoms with E-state index < -0.39 is 11.8 Å². The molecule has 1 aliphatic rings. The number of hydrogen-bond donors (Lipinski definition) is 4. The Bertz CT molecular complexity index is 670. The van der Waals surface area contributed by atoms with Crippen molar-refractivity contribution in [3.63, 3.8) is 0 Å². The van der Waals surface area contributed by atoms with Crippen LogP contribution in [0.4, 0.5) is 0 Å². The summed E-state index contributed by atoms with van der Waals surface area (Å²) in [6, 6.07) is 6.96. The molecule has 2 rings (SSSR count). The van der Waals surface area contributed by atoms with Gasteiger partial charge in [0.05, 0.1) is 17.1 Å². The summed E-state index contributed by atoms with van der Waals surface area (Å²) < 4.78 is 0. The number of hydrazine groups is 1. The standard InChI is InChI=1S/C18H25ClN4O2S/c1-11-6-5-9-15(12(11)2)21-18(26)23-22-16(24)10-20-17(25)13-7-3-4-8-14(13)19/h3-4,7-8,11-12,15H,5-6,9-10H2,1-2H3,(H,20,25)(H,22,24)(H2,21,23,26)/t11-,12+,15-/m0/s1. The molecule has 0 bridgehead atoms. The Balaban J connectivity index is 1.70. The fraction of sp³-hybridized carbons (Fsp3) is 0.500. The minimum atomic E-state index is -0.406. The maximum Gasteiger partial charge on any atom is 0.257 e. The van der Waals surface area contributed by atoms with Crippen LogP contribution in [-0.4, -0.2) is 29.5 Å². The average molecular weight is 397 g/mol. The lowest BCUT2D eigenvalue weighted by Gasteiger charge is -2.35. The van der Waals surface area contributed by atoms with Gasteiger partial charge in [-0.05, 0) is 42.6 Å². The van der Waals surface area contributed by atoms with Crippen molar-refractivity contribution >= 4 is 40.7 Å². The van der Waals surface area contributed by atoms with Gasteiger partial charge in [-0.3, -0.25) is 20.4 Å². The van der Waals surface area contributed by atoms with Gasteiger partial charge in [-0.25, -0.2) is 0 Å². The average Bonchev–Trinajstić information content (AvgIpc) is 2.62. The number of carbonyl (C=O) groups excluding carboxylic acids is 2. The van der Waals surface area contributed by atoms with Gasteiger partial charge in [0.25, 0.3) is 11.8 Å². The maximum absolute atomic E-state index is 12.0. The van der Waals surface area contributed by atoms with Gasteiger partial charge < -0.3 is 10.6 Å². The number of thiocarbonyl (C=S) groups is 1. The number of rotatable bonds is 4. The summed E-state index contributed by atoms with van der Waals surface area (Å²) >= 11 is 11.2. The van der Waals surface area contributed by atoms with Crippen molar-refractivity contribution in [1.29, 1.82) is 0 Å². The molecule has 8 heteroatoms. The van der Waals surface area contributed by atoms with E-state index in [1.54, 1.807) is 24.3 Å². The molecule has 0 unspecified atom stereocenters. The first-order valence-electron chi connectivity index (χ1n) is 8.76. The third-order valence-electron chi connectivity index (χ3n) is 4.87. The predicted octanol–water partition coefficient (Wildman–Crippen LogP) is 2.39. The molecule has 0 saturated heterocycles. The van der Waals surface area contributed by atoms with E-state index in [2.05, 4.69) is 35.3 Å². The minimum absolute atomic E-state index is 0.184. The van der Waals surface area contributed by atoms with Crippen LogP contribution in [0.2, 0.25) is 5.02 Å². The molecule has 142 valence electrons. The first-order chi connectivity index (χ1) is 12.4. The lowest BCUT2D eigenvalue weighted by atomic mass is 9.78. The van der Waals surface area contributed by atoms with E-state index >= 15 is 0 Å². The number of benzene rings is 1. The second kappa shape index (κ2) is 9.73. The molecule has 26 heavy (non-hydrogen) atoms. The van der Waals surface area contributed by atoms with Crippen LogP contribution >= 0.6 is 23.8 Å². The van der Waals surface area contributed by atoms with Gasteiger partial charge in [-0.1, -0.05) is 50.4 Å². The number of halogens is 1. The molecule has 0 radical (unpaired) electrons. The molecule has 0 heterocycles. The largest absolute Gasteiger partial charge is 0.358 e. The second-order valence-corrected chi connectivity index (χ2v) is 7.50. The molecule has 6 nitrogen and oxygen atoms in total. The zero-order chi connectivity index (χ0) is 19.1. The third kappa shape index (κ3) is 5.85. The van der Waals surface area contributed by atoms with Crippen molar-refractivity contribution in [3.05, 3.63) is 34.9 Å². The smallest absolute Gasteiger partial charge is 0.257 e.